The molecule has 0 bridgehead atoms. The third-order valence-corrected chi connectivity index (χ3v) is 4.48. The van der Waals surface area contributed by atoms with Gasteiger partial charge < -0.3 is 0 Å². The van der Waals surface area contributed by atoms with Crippen LogP contribution < -0.4 is 0 Å². The van der Waals surface area contributed by atoms with Gasteiger partial charge in [0.1, 0.15) is 0 Å². The molecule has 0 atom stereocenters. The van der Waals surface area contributed by atoms with Gasteiger partial charge in [-0.3, -0.25) is 0 Å². The van der Waals surface area contributed by atoms with E-state index in [2.05, 4.69) is 59.8 Å². The monoisotopic (exact) mass is 375 g/mol. The Kier molecular flexibility index (Phi) is 5.07. The van der Waals surface area contributed by atoms with Crippen LogP contribution in [0.3, 0.4) is 0 Å². The lowest BCUT2D eigenvalue weighted by Gasteiger charge is -2.13. The Bertz CT molecular complexity index is 866. The van der Waals surface area contributed by atoms with Gasteiger partial charge in [-0.1, -0.05) is 83.2 Å². The first-order valence-corrected chi connectivity index (χ1v) is 8.59. The summed E-state index contributed by atoms with van der Waals surface area (Å²) >= 11 is 3.45. The molecular weight excluding hydrogens is 358 g/mol. The van der Waals surface area contributed by atoms with Gasteiger partial charge in [-0.2, -0.15) is 0 Å². The highest BCUT2D eigenvalue weighted by molar-refractivity contribution is 9.10. The third-order valence-electron chi connectivity index (χ3n) is 3.95. The van der Waals surface area contributed by atoms with Crippen LogP contribution in [0.15, 0.2) is 101 Å². The van der Waals surface area contributed by atoms with Crippen molar-refractivity contribution in [1.82, 2.24) is 0 Å². The number of halogens is 1. The van der Waals surface area contributed by atoms with Gasteiger partial charge in [-0.15, -0.1) is 0 Å². The molecule has 0 unspecified atom stereocenters. The molecule has 0 saturated heterocycles. The average molecular weight is 376 g/mol. The van der Waals surface area contributed by atoms with Crippen molar-refractivity contribution < 1.29 is 0 Å². The van der Waals surface area contributed by atoms with E-state index in [0.717, 1.165) is 27.0 Å². The second kappa shape index (κ2) is 7.41. The van der Waals surface area contributed by atoms with E-state index in [1.165, 1.54) is 11.1 Å². The van der Waals surface area contributed by atoms with Crippen LogP contribution in [0.25, 0.3) is 11.3 Å². The predicted molar refractivity (Wildman–Crippen MR) is 108 cm³/mol. The average Bonchev–Trinajstić information content (AvgIpc) is 2.63. The van der Waals surface area contributed by atoms with E-state index in [1.54, 1.807) is 0 Å². The summed E-state index contributed by atoms with van der Waals surface area (Å²) in [5.41, 5.74) is 6.25. The summed E-state index contributed by atoms with van der Waals surface area (Å²) in [6.45, 7) is 6.26. The molecule has 3 rings (SSSR count). The molecule has 0 aromatic heterocycles. The minimum atomic E-state index is 0.760. The fourth-order valence-electron chi connectivity index (χ4n) is 2.58. The highest BCUT2D eigenvalue weighted by atomic mass is 79.9. The number of allylic oxidation sites excluding steroid dienone is 6. The zero-order valence-electron chi connectivity index (χ0n) is 13.5. The molecule has 2 heteroatoms. The number of hydrogen-bond donors (Lipinski definition) is 0. The number of nitrogens with zero attached hydrogens (tertiary/aromatic N) is 1. The van der Waals surface area contributed by atoms with Crippen LogP contribution in [0.2, 0.25) is 0 Å². The van der Waals surface area contributed by atoms with Crippen molar-refractivity contribution in [2.24, 2.45) is 4.99 Å². The summed E-state index contributed by atoms with van der Waals surface area (Å²) in [5, 5.41) is 0. The van der Waals surface area contributed by atoms with Gasteiger partial charge in [0.25, 0.3) is 0 Å². The van der Waals surface area contributed by atoms with Crippen LogP contribution in [0, 0.1) is 0 Å². The maximum Gasteiger partial charge on any atom is 0.0712 e. The fraction of sp³-hybridized carbons (Fsp3) is 0.0455. The van der Waals surface area contributed by atoms with Crippen molar-refractivity contribution in [1.29, 1.82) is 0 Å². The normalized spacial score (nSPS) is 17.2. The predicted octanol–water partition coefficient (Wildman–Crippen LogP) is 6.46. The van der Waals surface area contributed by atoms with Crippen LogP contribution in [-0.2, 0) is 0 Å². The standard InChI is InChI=1S/C22H18BrN/c1-16(18-8-4-3-5-9-18)21-10-6-7-11-22(21)24-17(2)19-12-14-20(23)15-13-19/h3-15H,2H2,1H3/b21-16+,24-22?. The quantitative estimate of drug-likeness (QED) is 0.583. The molecule has 1 aliphatic carbocycles. The van der Waals surface area contributed by atoms with Crippen LogP contribution in [0.1, 0.15) is 18.1 Å². The molecule has 2 aromatic rings. The second-order valence-corrected chi connectivity index (χ2v) is 6.49. The lowest BCUT2D eigenvalue weighted by molar-refractivity contribution is 1.48. The van der Waals surface area contributed by atoms with E-state index in [0.29, 0.717) is 0 Å². The molecule has 0 fully saturated rings. The van der Waals surface area contributed by atoms with Gasteiger partial charge in [-0.25, -0.2) is 4.99 Å². The van der Waals surface area contributed by atoms with Crippen LogP contribution in [-0.4, -0.2) is 5.71 Å². The fourth-order valence-corrected chi connectivity index (χ4v) is 2.85. The van der Waals surface area contributed by atoms with E-state index in [4.69, 9.17) is 4.99 Å². The number of aliphatic imine (C=N–C) groups is 1. The van der Waals surface area contributed by atoms with Crippen LogP contribution in [0.4, 0.5) is 0 Å². The van der Waals surface area contributed by atoms with Gasteiger partial charge in [0.05, 0.1) is 11.4 Å². The molecule has 0 spiro atoms. The maximum atomic E-state index is 4.77. The number of benzene rings is 2. The molecule has 24 heavy (non-hydrogen) atoms. The van der Waals surface area contributed by atoms with Crippen molar-refractivity contribution in [2.75, 3.05) is 0 Å². The van der Waals surface area contributed by atoms with Gasteiger partial charge in [0.15, 0.2) is 0 Å². The lowest BCUT2D eigenvalue weighted by Crippen LogP contribution is -2.03. The Balaban J connectivity index is 1.99. The number of rotatable bonds is 3. The van der Waals surface area contributed by atoms with Crippen molar-refractivity contribution >= 4 is 32.9 Å². The minimum absolute atomic E-state index is 0.760. The highest BCUT2D eigenvalue weighted by Crippen LogP contribution is 2.25. The summed E-state index contributed by atoms with van der Waals surface area (Å²) in [7, 11) is 0. The van der Waals surface area contributed by atoms with Gasteiger partial charge in [-0.05, 0) is 41.8 Å². The largest absolute Gasteiger partial charge is 0.248 e. The Morgan fingerprint density at radius 2 is 1.54 bits per heavy atom. The first-order valence-electron chi connectivity index (χ1n) is 7.80. The van der Waals surface area contributed by atoms with Crippen LogP contribution in [0.5, 0.6) is 0 Å². The van der Waals surface area contributed by atoms with E-state index in [1.807, 2.05) is 48.6 Å². The van der Waals surface area contributed by atoms with E-state index in [-0.39, 0.29) is 0 Å². The molecule has 0 heterocycles. The Morgan fingerprint density at radius 1 is 0.875 bits per heavy atom. The molecule has 118 valence electrons. The Morgan fingerprint density at radius 3 is 2.25 bits per heavy atom. The maximum absolute atomic E-state index is 4.77. The summed E-state index contributed by atoms with van der Waals surface area (Å²) in [6, 6.07) is 18.4. The summed E-state index contributed by atoms with van der Waals surface area (Å²) < 4.78 is 1.05. The third kappa shape index (κ3) is 3.72. The molecule has 0 aliphatic heterocycles. The van der Waals surface area contributed by atoms with Crippen molar-refractivity contribution in [3.8, 4) is 0 Å². The van der Waals surface area contributed by atoms with Gasteiger partial charge in [0, 0.05) is 10.0 Å². The smallest absolute Gasteiger partial charge is 0.0712 e. The minimum Gasteiger partial charge on any atom is -0.248 e. The molecule has 1 nitrogen and oxygen atoms in total. The lowest BCUT2D eigenvalue weighted by atomic mass is 9.95. The highest BCUT2D eigenvalue weighted by Gasteiger charge is 2.10. The summed E-state index contributed by atoms with van der Waals surface area (Å²) in [5.74, 6) is 0. The van der Waals surface area contributed by atoms with Gasteiger partial charge >= 0.3 is 0 Å². The molecule has 2 aromatic carbocycles. The zero-order valence-corrected chi connectivity index (χ0v) is 15.1. The molecule has 0 N–H and O–H groups in total. The first-order chi connectivity index (χ1) is 11.6. The Hall–Kier alpha value is -2.45. The molecule has 0 saturated carbocycles. The van der Waals surface area contributed by atoms with E-state index < -0.39 is 0 Å². The topological polar surface area (TPSA) is 12.4 Å². The molecule has 1 aliphatic rings. The van der Waals surface area contributed by atoms with Gasteiger partial charge in [0.2, 0.25) is 0 Å². The first kappa shape index (κ1) is 16.4. The molecule has 0 amide bonds. The zero-order chi connectivity index (χ0) is 16.9. The van der Waals surface area contributed by atoms with Crippen LogP contribution >= 0.6 is 15.9 Å². The summed E-state index contributed by atoms with van der Waals surface area (Å²) in [6.07, 6.45) is 8.19. The number of hydrogen-bond acceptors (Lipinski definition) is 1. The summed E-state index contributed by atoms with van der Waals surface area (Å²) in [4.78, 5) is 4.77. The SMILES string of the molecule is C=C(N=C1C=CC=C/C1=C(/C)c1ccccc1)c1ccc(Br)cc1. The molecule has 0 radical (unpaired) electrons. The van der Waals surface area contributed by atoms with Crippen molar-refractivity contribution in [2.45, 2.75) is 6.92 Å². The van der Waals surface area contributed by atoms with E-state index >= 15 is 0 Å². The Labute approximate surface area is 151 Å². The van der Waals surface area contributed by atoms with Crippen molar-refractivity contribution in [3.05, 3.63) is 107 Å². The van der Waals surface area contributed by atoms with Crippen molar-refractivity contribution in [3.63, 3.8) is 0 Å². The van der Waals surface area contributed by atoms with E-state index in [9.17, 15) is 0 Å². The second-order valence-electron chi connectivity index (χ2n) is 5.57. The molecular formula is C22H18BrN.